The Labute approximate surface area is 161 Å². The minimum absolute atomic E-state index is 0. The molecule has 1 amide bonds. The number of rotatable bonds is 5. The topological polar surface area (TPSA) is 65.0 Å². The van der Waals surface area contributed by atoms with Gasteiger partial charge >= 0.3 is 0 Å². The first-order chi connectivity index (χ1) is 11.2. The molecule has 25 heavy (non-hydrogen) atoms. The van der Waals surface area contributed by atoms with Crippen LogP contribution >= 0.6 is 24.8 Å². The van der Waals surface area contributed by atoms with Crippen LogP contribution in [0.3, 0.4) is 0 Å². The van der Waals surface area contributed by atoms with Gasteiger partial charge in [0, 0.05) is 45.0 Å². The standard InChI is InChI=1S/C17H25N3O3.2ClH/c21-15-5-3-14(4-6-15)19-7-9-20(10-8-19)17(22)13-18-12-16-2-1-11-23-16;;/h3-6,16,18,21H,1-2,7-13H2;2*1H. The highest BCUT2D eigenvalue weighted by atomic mass is 35.5. The summed E-state index contributed by atoms with van der Waals surface area (Å²) in [5.74, 6) is 0.438. The van der Waals surface area contributed by atoms with E-state index in [2.05, 4.69) is 10.2 Å². The Bertz CT molecular complexity index is 516. The lowest BCUT2D eigenvalue weighted by Crippen LogP contribution is -2.51. The molecule has 0 spiro atoms. The number of ether oxygens (including phenoxy) is 1. The monoisotopic (exact) mass is 391 g/mol. The van der Waals surface area contributed by atoms with Crippen LogP contribution in [-0.2, 0) is 9.53 Å². The van der Waals surface area contributed by atoms with Crippen LogP contribution in [0.1, 0.15) is 12.8 Å². The molecule has 1 aromatic carbocycles. The van der Waals surface area contributed by atoms with E-state index in [0.29, 0.717) is 6.54 Å². The largest absolute Gasteiger partial charge is 0.508 e. The van der Waals surface area contributed by atoms with Crippen LogP contribution in [0.25, 0.3) is 0 Å². The molecule has 0 saturated carbocycles. The third-order valence-electron chi connectivity index (χ3n) is 4.52. The molecule has 0 aromatic heterocycles. The zero-order valence-corrected chi connectivity index (χ0v) is 15.9. The maximum Gasteiger partial charge on any atom is 0.236 e. The minimum Gasteiger partial charge on any atom is -0.508 e. The summed E-state index contributed by atoms with van der Waals surface area (Å²) in [6.45, 7) is 5.12. The number of aromatic hydroxyl groups is 1. The van der Waals surface area contributed by atoms with Gasteiger partial charge in [0.1, 0.15) is 5.75 Å². The number of amides is 1. The average Bonchev–Trinajstić information content (AvgIpc) is 3.09. The van der Waals surface area contributed by atoms with Gasteiger partial charge in [-0.25, -0.2) is 0 Å². The van der Waals surface area contributed by atoms with Crippen LogP contribution in [0.4, 0.5) is 5.69 Å². The van der Waals surface area contributed by atoms with E-state index in [4.69, 9.17) is 4.74 Å². The summed E-state index contributed by atoms with van der Waals surface area (Å²) < 4.78 is 5.54. The van der Waals surface area contributed by atoms with Gasteiger partial charge in [-0.1, -0.05) is 0 Å². The number of carbonyl (C=O) groups is 1. The number of hydrogen-bond donors (Lipinski definition) is 2. The van der Waals surface area contributed by atoms with Crippen molar-refractivity contribution < 1.29 is 14.6 Å². The van der Waals surface area contributed by atoms with E-state index < -0.39 is 0 Å². The summed E-state index contributed by atoms with van der Waals surface area (Å²) in [5.41, 5.74) is 1.09. The predicted molar refractivity (Wildman–Crippen MR) is 103 cm³/mol. The first-order valence-corrected chi connectivity index (χ1v) is 8.36. The highest BCUT2D eigenvalue weighted by Crippen LogP contribution is 2.19. The number of piperazine rings is 1. The summed E-state index contributed by atoms with van der Waals surface area (Å²) in [6.07, 6.45) is 2.49. The minimum atomic E-state index is 0. The first-order valence-electron chi connectivity index (χ1n) is 8.36. The number of phenols is 1. The molecule has 2 aliphatic heterocycles. The number of nitrogens with zero attached hydrogens (tertiary/aromatic N) is 2. The second-order valence-electron chi connectivity index (χ2n) is 6.15. The van der Waals surface area contributed by atoms with E-state index in [-0.39, 0.29) is 42.6 Å². The molecule has 2 aliphatic rings. The molecule has 2 heterocycles. The average molecular weight is 392 g/mol. The molecule has 1 aromatic rings. The second-order valence-corrected chi connectivity index (χ2v) is 6.15. The Morgan fingerprint density at radius 3 is 2.44 bits per heavy atom. The van der Waals surface area contributed by atoms with Crippen molar-refractivity contribution in [3.8, 4) is 5.75 Å². The van der Waals surface area contributed by atoms with E-state index >= 15 is 0 Å². The molecule has 8 heteroatoms. The fourth-order valence-corrected chi connectivity index (χ4v) is 3.13. The molecule has 0 bridgehead atoms. The SMILES string of the molecule is Cl.Cl.O=C(CNCC1CCCO1)N1CCN(c2ccc(O)cc2)CC1. The third kappa shape index (κ3) is 6.22. The van der Waals surface area contributed by atoms with Crippen molar-refractivity contribution in [2.45, 2.75) is 18.9 Å². The van der Waals surface area contributed by atoms with E-state index in [1.165, 1.54) is 0 Å². The lowest BCUT2D eigenvalue weighted by Gasteiger charge is -2.36. The van der Waals surface area contributed by atoms with Crippen LogP contribution in [0.2, 0.25) is 0 Å². The van der Waals surface area contributed by atoms with Gasteiger partial charge in [0.2, 0.25) is 5.91 Å². The third-order valence-corrected chi connectivity index (χ3v) is 4.52. The molecular weight excluding hydrogens is 365 g/mol. The molecule has 3 rings (SSSR count). The van der Waals surface area contributed by atoms with E-state index in [9.17, 15) is 9.90 Å². The fraction of sp³-hybridized carbons (Fsp3) is 0.588. The van der Waals surface area contributed by atoms with Crippen molar-refractivity contribution in [1.29, 1.82) is 0 Å². The fourth-order valence-electron chi connectivity index (χ4n) is 3.13. The Morgan fingerprint density at radius 1 is 1.16 bits per heavy atom. The van der Waals surface area contributed by atoms with Gasteiger partial charge in [0.25, 0.3) is 0 Å². The normalized spacial score (nSPS) is 19.9. The van der Waals surface area contributed by atoms with Gasteiger partial charge in [0.05, 0.1) is 12.6 Å². The predicted octanol–water partition coefficient (Wildman–Crippen LogP) is 1.65. The molecule has 2 fully saturated rings. The summed E-state index contributed by atoms with van der Waals surface area (Å²) in [5, 5.41) is 12.6. The summed E-state index contributed by atoms with van der Waals surface area (Å²) in [4.78, 5) is 16.4. The van der Waals surface area contributed by atoms with Crippen molar-refractivity contribution in [3.05, 3.63) is 24.3 Å². The number of halogens is 2. The Hall–Kier alpha value is -1.21. The molecule has 142 valence electrons. The number of carbonyl (C=O) groups excluding carboxylic acids is 1. The number of benzene rings is 1. The molecule has 0 aliphatic carbocycles. The van der Waals surface area contributed by atoms with E-state index in [1.807, 2.05) is 17.0 Å². The first kappa shape index (κ1) is 21.8. The van der Waals surface area contributed by atoms with Gasteiger partial charge in [-0.15, -0.1) is 24.8 Å². The summed E-state index contributed by atoms with van der Waals surface area (Å²) in [6, 6.07) is 7.22. The molecule has 0 radical (unpaired) electrons. The zero-order valence-electron chi connectivity index (χ0n) is 14.2. The number of nitrogens with one attached hydrogen (secondary N) is 1. The molecular formula is C17H27Cl2N3O3. The van der Waals surface area contributed by atoms with Gasteiger partial charge < -0.3 is 25.0 Å². The van der Waals surface area contributed by atoms with Crippen LogP contribution in [0.5, 0.6) is 5.75 Å². The molecule has 1 atom stereocenters. The number of phenolic OH excluding ortho intramolecular Hbond substituents is 1. The van der Waals surface area contributed by atoms with Crippen LogP contribution < -0.4 is 10.2 Å². The Balaban J connectivity index is 0.00000156. The van der Waals surface area contributed by atoms with Gasteiger partial charge in [-0.05, 0) is 37.1 Å². The lowest BCUT2D eigenvalue weighted by molar-refractivity contribution is -0.130. The van der Waals surface area contributed by atoms with Crippen molar-refractivity contribution in [1.82, 2.24) is 10.2 Å². The highest BCUT2D eigenvalue weighted by molar-refractivity contribution is 5.85. The Morgan fingerprint density at radius 2 is 1.84 bits per heavy atom. The van der Waals surface area contributed by atoms with Crippen molar-refractivity contribution in [2.75, 3.05) is 50.8 Å². The van der Waals surface area contributed by atoms with Gasteiger partial charge in [0.15, 0.2) is 0 Å². The van der Waals surface area contributed by atoms with E-state index in [0.717, 1.165) is 57.9 Å². The van der Waals surface area contributed by atoms with Gasteiger partial charge in [-0.3, -0.25) is 4.79 Å². The summed E-state index contributed by atoms with van der Waals surface area (Å²) in [7, 11) is 0. The maximum atomic E-state index is 12.2. The maximum absolute atomic E-state index is 12.2. The molecule has 2 N–H and O–H groups in total. The van der Waals surface area contributed by atoms with E-state index in [1.54, 1.807) is 12.1 Å². The quantitative estimate of drug-likeness (QED) is 0.798. The number of hydrogen-bond acceptors (Lipinski definition) is 5. The zero-order chi connectivity index (χ0) is 16.1. The second kappa shape index (κ2) is 10.7. The smallest absolute Gasteiger partial charge is 0.236 e. The van der Waals surface area contributed by atoms with Crippen molar-refractivity contribution in [2.24, 2.45) is 0 Å². The van der Waals surface area contributed by atoms with Gasteiger partial charge in [-0.2, -0.15) is 0 Å². The Kier molecular flexibility index (Phi) is 9.35. The lowest BCUT2D eigenvalue weighted by atomic mass is 10.2. The van der Waals surface area contributed by atoms with Crippen LogP contribution in [0, 0.1) is 0 Å². The summed E-state index contributed by atoms with van der Waals surface area (Å²) >= 11 is 0. The van der Waals surface area contributed by atoms with Crippen molar-refractivity contribution in [3.63, 3.8) is 0 Å². The van der Waals surface area contributed by atoms with Crippen molar-refractivity contribution >= 4 is 36.4 Å². The molecule has 6 nitrogen and oxygen atoms in total. The van der Waals surface area contributed by atoms with Crippen LogP contribution in [-0.4, -0.2) is 67.9 Å². The molecule has 2 saturated heterocycles. The van der Waals surface area contributed by atoms with Crippen LogP contribution in [0.15, 0.2) is 24.3 Å². The highest BCUT2D eigenvalue weighted by Gasteiger charge is 2.21. The number of anilines is 1. The molecule has 1 unspecified atom stereocenters.